The molecule has 376 valence electrons. The molecular weight excluding hydrogens is 897 g/mol. The lowest BCUT2D eigenvalue weighted by molar-refractivity contribution is -0.385. The largest absolute Gasteiger partial charge is 0.490 e. The van der Waals surface area contributed by atoms with E-state index in [1.807, 2.05) is 44.2 Å². The Bertz CT molecular complexity index is 2380. The molecule has 0 spiro atoms. The van der Waals surface area contributed by atoms with Gasteiger partial charge in [-0.25, -0.2) is 4.79 Å². The van der Waals surface area contributed by atoms with Gasteiger partial charge in [0.15, 0.2) is 17.5 Å². The summed E-state index contributed by atoms with van der Waals surface area (Å²) in [4.78, 5) is 82.2. The van der Waals surface area contributed by atoms with Crippen LogP contribution in [0.15, 0.2) is 91.0 Å². The van der Waals surface area contributed by atoms with Gasteiger partial charge in [0.1, 0.15) is 18.7 Å². The first-order valence-corrected chi connectivity index (χ1v) is 24.2. The van der Waals surface area contributed by atoms with Crippen LogP contribution in [-0.2, 0) is 43.4 Å². The fourth-order valence-corrected chi connectivity index (χ4v) is 8.35. The number of nitrogens with two attached hydrogens (primary N) is 1. The van der Waals surface area contributed by atoms with Gasteiger partial charge in [-0.05, 0) is 59.2 Å². The number of benzene rings is 4. The van der Waals surface area contributed by atoms with Gasteiger partial charge in [-0.2, -0.15) is 0 Å². The number of carbonyl (C=O) groups excluding carboxylic acids is 4. The minimum atomic E-state index is -1.81. The van der Waals surface area contributed by atoms with Crippen LogP contribution in [-0.4, -0.2) is 70.9 Å². The Morgan fingerprint density at radius 2 is 1.50 bits per heavy atom. The van der Waals surface area contributed by atoms with E-state index in [1.165, 1.54) is 50.3 Å². The minimum Gasteiger partial charge on any atom is -0.490 e. The molecule has 4 aromatic rings. The third-order valence-corrected chi connectivity index (χ3v) is 12.1. The van der Waals surface area contributed by atoms with Gasteiger partial charge in [-0.1, -0.05) is 139 Å². The van der Waals surface area contributed by atoms with E-state index in [1.54, 1.807) is 30.3 Å². The van der Waals surface area contributed by atoms with Crippen LogP contribution in [0.4, 0.5) is 5.69 Å². The average molecular weight is 965 g/mol. The molecule has 0 fully saturated rings. The Hall–Kier alpha value is -7.01. The van der Waals surface area contributed by atoms with Crippen molar-refractivity contribution >= 4 is 35.3 Å². The molecule has 0 radical (unpaired) electrons. The zero-order chi connectivity index (χ0) is 50.6. The molecule has 70 heavy (non-hydrogen) atoms. The fraction of sp³-hybridized carbons (Fsp3) is 0.453. The molecule has 4 amide bonds. The smallest absolute Gasteiger partial charge is 0.328 e. The van der Waals surface area contributed by atoms with Crippen molar-refractivity contribution in [3.05, 3.63) is 123 Å². The highest BCUT2D eigenvalue weighted by molar-refractivity contribution is 5.94. The monoisotopic (exact) mass is 964 g/mol. The molecule has 0 aromatic heterocycles. The number of hydrogen-bond donors (Lipinski definition) is 6. The van der Waals surface area contributed by atoms with Gasteiger partial charge >= 0.3 is 11.7 Å². The molecule has 17 heteroatoms. The summed E-state index contributed by atoms with van der Waals surface area (Å²) in [6, 6.07) is 17.6. The zero-order valence-corrected chi connectivity index (χ0v) is 40.6. The van der Waals surface area contributed by atoms with E-state index < -0.39 is 70.4 Å². The number of hydrogen-bond acceptors (Lipinski definition) is 11. The number of carboxylic acid groups (broad SMARTS) is 1. The molecule has 0 saturated carbocycles. The van der Waals surface area contributed by atoms with Crippen molar-refractivity contribution in [1.82, 2.24) is 21.3 Å². The molecule has 0 aliphatic carbocycles. The third kappa shape index (κ3) is 16.3. The lowest BCUT2D eigenvalue weighted by Crippen LogP contribution is -2.58. The summed E-state index contributed by atoms with van der Waals surface area (Å²) in [5.41, 5.74) is 7.43. The number of nitro groups is 1. The van der Waals surface area contributed by atoms with Crippen molar-refractivity contribution in [2.24, 2.45) is 11.7 Å². The number of nitro benzene ring substituents is 1. The number of ether oxygens (including phenoxy) is 3. The van der Waals surface area contributed by atoms with Crippen LogP contribution in [0.2, 0.25) is 0 Å². The molecule has 2 aliphatic heterocycles. The SMILES string of the molecule is CCCCCCCCCCCC(=O)N[C@@H](C(=O)O)C1NC(=O)[C@H](Cc2ccccc2)NC(=O)[C@H](NC(=O)[C@H](N)CC(C)C)Cc2ccc(c([N+](=O)[O-])c2)Oc2cc1cc(OCc1ccccc1)c2OC. The number of methoxy groups -OCH3 is 1. The maximum absolute atomic E-state index is 14.9. The highest BCUT2D eigenvalue weighted by Crippen LogP contribution is 2.45. The predicted octanol–water partition coefficient (Wildman–Crippen LogP) is 7.76. The van der Waals surface area contributed by atoms with Crippen molar-refractivity contribution in [3.63, 3.8) is 0 Å². The first kappa shape index (κ1) is 53.9. The number of aliphatic carboxylic acids is 1. The molecule has 17 nitrogen and oxygen atoms in total. The van der Waals surface area contributed by atoms with Gasteiger partial charge in [-0.15, -0.1) is 0 Å². The normalized spacial score (nSPS) is 16.8. The Balaban J connectivity index is 1.64. The number of rotatable bonds is 24. The zero-order valence-electron chi connectivity index (χ0n) is 40.6. The Kier molecular flexibility index (Phi) is 21.0. The maximum atomic E-state index is 14.9. The molecule has 4 aromatic carbocycles. The summed E-state index contributed by atoms with van der Waals surface area (Å²) in [6.45, 7) is 5.94. The second-order valence-corrected chi connectivity index (χ2v) is 18.2. The van der Waals surface area contributed by atoms with Crippen LogP contribution >= 0.6 is 0 Å². The Labute approximate surface area is 409 Å². The summed E-state index contributed by atoms with van der Waals surface area (Å²) in [5.74, 6) is -4.74. The number of fused-ring (bicyclic) bond motifs is 9. The molecule has 2 heterocycles. The Morgan fingerprint density at radius 3 is 2.11 bits per heavy atom. The van der Waals surface area contributed by atoms with Crippen molar-refractivity contribution < 1.29 is 48.2 Å². The van der Waals surface area contributed by atoms with E-state index in [4.69, 9.17) is 19.9 Å². The molecule has 4 bridgehead atoms. The van der Waals surface area contributed by atoms with Crippen LogP contribution in [0.5, 0.6) is 23.0 Å². The number of unbranched alkanes of at least 4 members (excludes halogenated alkanes) is 8. The van der Waals surface area contributed by atoms with Crippen molar-refractivity contribution in [2.45, 2.75) is 141 Å². The molecule has 2 aliphatic rings. The third-order valence-electron chi connectivity index (χ3n) is 12.1. The number of carboxylic acids is 1. The van der Waals surface area contributed by atoms with E-state index in [0.717, 1.165) is 44.1 Å². The van der Waals surface area contributed by atoms with E-state index in [-0.39, 0.29) is 65.9 Å². The summed E-state index contributed by atoms with van der Waals surface area (Å²) < 4.78 is 18.4. The van der Waals surface area contributed by atoms with Gasteiger partial charge in [0.25, 0.3) is 0 Å². The summed E-state index contributed by atoms with van der Waals surface area (Å²) in [6.07, 6.45) is 8.98. The Morgan fingerprint density at radius 1 is 0.857 bits per heavy atom. The standard InChI is InChI=1S/C53H68N6O11/c1-5-6-7-8-9-10-11-12-19-24-46(60)57-48(53(64)65)47-38-31-44(69-33-36-22-17-14-18-23-36)49(68-4)45(32-38)70-43-26-25-37(30-42(43)59(66)67)29-41(55-50(61)39(54)27-34(2)3)51(62)56-40(52(63)58-47)28-35-20-15-13-16-21-35/h13-18,20-23,25-26,30-32,34,39-41,47-48H,5-12,19,24,27-29,33,54H2,1-4H3,(H,55,61)(H,56,62)(H,57,60)(H,58,63)(H,64,65)/t39-,40+,41-,47?,48-/m1/s1. The first-order chi connectivity index (χ1) is 33.7. The molecule has 6 rings (SSSR count). The molecule has 5 atom stereocenters. The molecule has 1 unspecified atom stereocenters. The second-order valence-electron chi connectivity index (χ2n) is 18.2. The van der Waals surface area contributed by atoms with Gasteiger partial charge in [0.2, 0.25) is 35.1 Å². The summed E-state index contributed by atoms with van der Waals surface area (Å²) in [7, 11) is 1.34. The minimum absolute atomic E-state index is 0.00490. The van der Waals surface area contributed by atoms with Crippen LogP contribution in [0.25, 0.3) is 0 Å². The summed E-state index contributed by atoms with van der Waals surface area (Å²) in [5, 5.41) is 34.7. The van der Waals surface area contributed by atoms with E-state index >= 15 is 0 Å². The lowest BCUT2D eigenvalue weighted by atomic mass is 9.96. The number of carbonyl (C=O) groups is 5. The first-order valence-electron chi connectivity index (χ1n) is 24.2. The fourth-order valence-electron chi connectivity index (χ4n) is 8.35. The van der Waals surface area contributed by atoms with Crippen molar-refractivity contribution in [3.8, 4) is 23.0 Å². The summed E-state index contributed by atoms with van der Waals surface area (Å²) >= 11 is 0. The second kappa shape index (κ2) is 27.2. The quantitative estimate of drug-likeness (QED) is 0.0224. The maximum Gasteiger partial charge on any atom is 0.328 e. The van der Waals surface area contributed by atoms with E-state index in [9.17, 15) is 39.2 Å². The number of nitrogens with zero attached hydrogens (tertiary/aromatic N) is 1. The van der Waals surface area contributed by atoms with Crippen LogP contribution in [0, 0.1) is 16.0 Å². The van der Waals surface area contributed by atoms with Crippen molar-refractivity contribution in [1.29, 1.82) is 0 Å². The van der Waals surface area contributed by atoms with E-state index in [0.29, 0.717) is 18.4 Å². The van der Waals surface area contributed by atoms with Gasteiger partial charge in [0, 0.05) is 25.3 Å². The average Bonchev–Trinajstić information content (AvgIpc) is 3.33. The van der Waals surface area contributed by atoms with Crippen molar-refractivity contribution in [2.75, 3.05) is 7.11 Å². The van der Waals surface area contributed by atoms with Crippen LogP contribution < -0.4 is 41.2 Å². The molecule has 0 saturated heterocycles. The highest BCUT2D eigenvalue weighted by Gasteiger charge is 2.37. The topological polar surface area (TPSA) is 251 Å². The van der Waals surface area contributed by atoms with Crippen LogP contribution in [0.1, 0.15) is 120 Å². The molecular formula is C53H68N6O11. The van der Waals surface area contributed by atoms with Gasteiger partial charge in [0.05, 0.1) is 24.1 Å². The predicted molar refractivity (Wildman–Crippen MR) is 264 cm³/mol. The highest BCUT2D eigenvalue weighted by atomic mass is 16.6. The molecule has 7 N–H and O–H groups in total. The van der Waals surface area contributed by atoms with Gasteiger partial charge < -0.3 is 46.3 Å². The van der Waals surface area contributed by atoms with E-state index in [2.05, 4.69) is 28.2 Å². The van der Waals surface area contributed by atoms with Crippen LogP contribution in [0.3, 0.4) is 0 Å². The number of amides is 4. The lowest BCUT2D eigenvalue weighted by Gasteiger charge is -2.30. The van der Waals surface area contributed by atoms with Gasteiger partial charge in [-0.3, -0.25) is 29.3 Å². The number of nitrogens with one attached hydrogen (secondary N) is 4.